The summed E-state index contributed by atoms with van der Waals surface area (Å²) in [6.07, 6.45) is 7.23. The summed E-state index contributed by atoms with van der Waals surface area (Å²) in [6.45, 7) is 5.71. The maximum atomic E-state index is 11.3. The molecule has 0 heterocycles. The van der Waals surface area contributed by atoms with Gasteiger partial charge in [-0.1, -0.05) is 19.8 Å². The van der Waals surface area contributed by atoms with Crippen LogP contribution in [0.1, 0.15) is 51.9 Å². The van der Waals surface area contributed by atoms with Gasteiger partial charge in [0.25, 0.3) is 0 Å². The lowest BCUT2D eigenvalue weighted by Gasteiger charge is -2.06. The summed E-state index contributed by atoms with van der Waals surface area (Å²) >= 11 is 0. The van der Waals surface area contributed by atoms with Crippen LogP contribution >= 0.6 is 0 Å². The minimum Gasteiger partial charge on any atom is -0.356 e. The molecular formula is C13H29N3O. The predicted molar refractivity (Wildman–Crippen MR) is 72.9 cm³/mol. The highest BCUT2D eigenvalue weighted by Gasteiger charge is 1.99. The van der Waals surface area contributed by atoms with Crippen molar-refractivity contribution in [3.8, 4) is 0 Å². The van der Waals surface area contributed by atoms with E-state index in [1.54, 1.807) is 0 Å². The first-order valence-electron chi connectivity index (χ1n) is 6.98. The molecule has 0 aliphatic heterocycles. The lowest BCUT2D eigenvalue weighted by molar-refractivity contribution is -0.121. The second-order valence-corrected chi connectivity index (χ2v) is 4.41. The minimum atomic E-state index is 0.196. The van der Waals surface area contributed by atoms with Crippen LogP contribution in [0.5, 0.6) is 0 Å². The molecule has 0 aromatic rings. The highest BCUT2D eigenvalue weighted by Crippen LogP contribution is 1.97. The Hall–Kier alpha value is -0.610. The van der Waals surface area contributed by atoms with E-state index in [-0.39, 0.29) is 5.91 Å². The molecule has 0 aliphatic rings. The van der Waals surface area contributed by atoms with Gasteiger partial charge in [0.2, 0.25) is 5.91 Å². The fourth-order valence-electron chi connectivity index (χ4n) is 1.58. The van der Waals surface area contributed by atoms with E-state index < -0.39 is 0 Å². The molecule has 0 atom stereocenters. The van der Waals surface area contributed by atoms with Gasteiger partial charge in [0.1, 0.15) is 0 Å². The maximum Gasteiger partial charge on any atom is 0.219 e. The summed E-state index contributed by atoms with van der Waals surface area (Å²) in [5, 5.41) is 6.28. The number of nitrogens with two attached hydrogens (primary N) is 1. The molecule has 0 unspecified atom stereocenters. The molecule has 4 heteroatoms. The third kappa shape index (κ3) is 13.3. The van der Waals surface area contributed by atoms with E-state index in [0.29, 0.717) is 6.42 Å². The van der Waals surface area contributed by atoms with Gasteiger partial charge in [-0.25, -0.2) is 0 Å². The molecule has 0 aliphatic carbocycles. The normalized spacial score (nSPS) is 10.5. The first-order chi connectivity index (χ1) is 8.31. The summed E-state index contributed by atoms with van der Waals surface area (Å²) in [4.78, 5) is 11.3. The Morgan fingerprint density at radius 1 is 1.00 bits per heavy atom. The lowest BCUT2D eigenvalue weighted by atomic mass is 10.2. The van der Waals surface area contributed by atoms with Gasteiger partial charge >= 0.3 is 0 Å². The van der Waals surface area contributed by atoms with E-state index in [4.69, 9.17) is 5.73 Å². The maximum absolute atomic E-state index is 11.3. The molecule has 4 nitrogen and oxygen atoms in total. The van der Waals surface area contributed by atoms with Gasteiger partial charge in [-0.2, -0.15) is 0 Å². The number of rotatable bonds is 12. The van der Waals surface area contributed by atoms with E-state index in [1.165, 1.54) is 6.42 Å². The average molecular weight is 243 g/mol. The van der Waals surface area contributed by atoms with Crippen molar-refractivity contribution in [1.82, 2.24) is 10.6 Å². The Balaban J connectivity index is 3.08. The quantitative estimate of drug-likeness (QED) is 0.454. The Morgan fingerprint density at radius 3 is 2.47 bits per heavy atom. The van der Waals surface area contributed by atoms with Crippen molar-refractivity contribution in [2.75, 3.05) is 26.2 Å². The molecule has 0 rings (SSSR count). The SMILES string of the molecule is CCCCCC(=O)NCCCNCCCCN. The Kier molecular flexibility index (Phi) is 13.0. The topological polar surface area (TPSA) is 67.2 Å². The number of unbranched alkanes of at least 4 members (excludes halogenated alkanes) is 3. The second-order valence-electron chi connectivity index (χ2n) is 4.41. The zero-order valence-corrected chi connectivity index (χ0v) is 11.3. The molecule has 0 fully saturated rings. The van der Waals surface area contributed by atoms with E-state index in [2.05, 4.69) is 17.6 Å². The molecule has 0 radical (unpaired) electrons. The van der Waals surface area contributed by atoms with E-state index in [0.717, 1.165) is 58.3 Å². The second kappa shape index (κ2) is 13.5. The molecule has 0 aromatic heterocycles. The lowest BCUT2D eigenvalue weighted by Crippen LogP contribution is -2.27. The molecule has 0 saturated carbocycles. The van der Waals surface area contributed by atoms with E-state index >= 15 is 0 Å². The Labute approximate surface area is 106 Å². The zero-order chi connectivity index (χ0) is 12.8. The molecule has 0 saturated heterocycles. The van der Waals surface area contributed by atoms with Crippen LogP contribution in [0.4, 0.5) is 0 Å². The Morgan fingerprint density at radius 2 is 1.76 bits per heavy atom. The van der Waals surface area contributed by atoms with Crippen LogP contribution in [0.2, 0.25) is 0 Å². The summed E-state index contributed by atoms with van der Waals surface area (Å²) in [5.41, 5.74) is 5.40. The summed E-state index contributed by atoms with van der Waals surface area (Å²) in [7, 11) is 0. The minimum absolute atomic E-state index is 0.196. The van der Waals surface area contributed by atoms with Crippen molar-refractivity contribution in [2.24, 2.45) is 5.73 Å². The summed E-state index contributed by atoms with van der Waals surface area (Å²) in [5.74, 6) is 0.196. The first kappa shape index (κ1) is 16.4. The Bertz CT molecular complexity index is 174. The van der Waals surface area contributed by atoms with Gasteiger partial charge < -0.3 is 16.4 Å². The highest BCUT2D eigenvalue weighted by atomic mass is 16.1. The predicted octanol–water partition coefficient (Wildman–Crippen LogP) is 1.40. The smallest absolute Gasteiger partial charge is 0.219 e. The number of carbonyl (C=O) groups excluding carboxylic acids is 1. The molecule has 0 bridgehead atoms. The van der Waals surface area contributed by atoms with Crippen molar-refractivity contribution in [1.29, 1.82) is 0 Å². The van der Waals surface area contributed by atoms with E-state index in [9.17, 15) is 4.79 Å². The van der Waals surface area contributed by atoms with Crippen LogP contribution in [-0.2, 0) is 4.79 Å². The van der Waals surface area contributed by atoms with Gasteiger partial charge in [-0.05, 0) is 45.3 Å². The third-order valence-corrected chi connectivity index (χ3v) is 2.67. The van der Waals surface area contributed by atoms with Crippen molar-refractivity contribution in [3.05, 3.63) is 0 Å². The molecule has 17 heavy (non-hydrogen) atoms. The standard InChI is InChI=1S/C13H29N3O/c1-2-3-4-8-13(17)16-12-7-11-15-10-6-5-9-14/h15H,2-12,14H2,1H3,(H,16,17). The number of amides is 1. The van der Waals surface area contributed by atoms with Crippen LogP contribution in [-0.4, -0.2) is 32.1 Å². The molecule has 102 valence electrons. The third-order valence-electron chi connectivity index (χ3n) is 2.67. The summed E-state index contributed by atoms with van der Waals surface area (Å²) in [6, 6.07) is 0. The van der Waals surface area contributed by atoms with Crippen molar-refractivity contribution in [2.45, 2.75) is 51.9 Å². The fraction of sp³-hybridized carbons (Fsp3) is 0.923. The van der Waals surface area contributed by atoms with Gasteiger partial charge in [0.15, 0.2) is 0 Å². The molecule has 0 aromatic carbocycles. The van der Waals surface area contributed by atoms with Gasteiger partial charge in [0.05, 0.1) is 0 Å². The van der Waals surface area contributed by atoms with Gasteiger partial charge in [-0.15, -0.1) is 0 Å². The molecule has 0 spiro atoms. The monoisotopic (exact) mass is 243 g/mol. The van der Waals surface area contributed by atoms with Gasteiger partial charge in [-0.3, -0.25) is 4.79 Å². The zero-order valence-electron chi connectivity index (χ0n) is 11.3. The first-order valence-corrected chi connectivity index (χ1v) is 6.98. The van der Waals surface area contributed by atoms with Gasteiger partial charge in [0, 0.05) is 13.0 Å². The van der Waals surface area contributed by atoms with Crippen LogP contribution in [0.15, 0.2) is 0 Å². The van der Waals surface area contributed by atoms with Crippen LogP contribution in [0.3, 0.4) is 0 Å². The largest absolute Gasteiger partial charge is 0.356 e. The number of carbonyl (C=O) groups is 1. The summed E-state index contributed by atoms with van der Waals surface area (Å²) < 4.78 is 0. The van der Waals surface area contributed by atoms with Crippen molar-refractivity contribution >= 4 is 5.91 Å². The number of hydrogen-bond donors (Lipinski definition) is 3. The highest BCUT2D eigenvalue weighted by molar-refractivity contribution is 5.75. The average Bonchev–Trinajstić information content (AvgIpc) is 2.33. The molecule has 4 N–H and O–H groups in total. The fourth-order valence-corrected chi connectivity index (χ4v) is 1.58. The number of hydrogen-bond acceptors (Lipinski definition) is 3. The molecular weight excluding hydrogens is 214 g/mol. The van der Waals surface area contributed by atoms with Crippen molar-refractivity contribution in [3.63, 3.8) is 0 Å². The van der Waals surface area contributed by atoms with Crippen LogP contribution in [0.25, 0.3) is 0 Å². The van der Waals surface area contributed by atoms with Crippen molar-refractivity contribution < 1.29 is 4.79 Å². The van der Waals surface area contributed by atoms with Crippen LogP contribution < -0.4 is 16.4 Å². The van der Waals surface area contributed by atoms with Crippen LogP contribution in [0, 0.1) is 0 Å². The number of nitrogens with one attached hydrogen (secondary N) is 2. The van der Waals surface area contributed by atoms with E-state index in [1.807, 2.05) is 0 Å². The molecule has 1 amide bonds.